The quantitative estimate of drug-likeness (QED) is 0.425. The maximum Gasteiger partial charge on any atom is 0.293 e. The summed E-state index contributed by atoms with van der Waals surface area (Å²) in [6.45, 7) is 2.13. The van der Waals surface area contributed by atoms with Crippen molar-refractivity contribution in [2.24, 2.45) is 0 Å². The Kier molecular flexibility index (Phi) is 6.18. The summed E-state index contributed by atoms with van der Waals surface area (Å²) in [6, 6.07) is 0. The average Bonchev–Trinajstić information content (AvgIpc) is 1.89. The van der Waals surface area contributed by atoms with Crippen molar-refractivity contribution in [3.8, 4) is 0 Å². The third-order valence-electron chi connectivity index (χ3n) is 0.894. The molecular formula is C7H11O3. The first-order valence-electron chi connectivity index (χ1n) is 3.01. The molecule has 3 radical (unpaired) electrons. The maximum atomic E-state index is 9.73. The molecule has 57 valence electrons. The van der Waals surface area contributed by atoms with E-state index in [1.807, 2.05) is 0 Å². The first-order chi connectivity index (χ1) is 4.81. The summed E-state index contributed by atoms with van der Waals surface area (Å²) in [5.41, 5.74) is 0. The van der Waals surface area contributed by atoms with Gasteiger partial charge in [0.15, 0.2) is 0 Å². The molecule has 3 nitrogen and oxygen atoms in total. The van der Waals surface area contributed by atoms with Crippen LogP contribution in [-0.4, -0.2) is 24.3 Å². The van der Waals surface area contributed by atoms with Crippen molar-refractivity contribution in [3.05, 3.63) is 19.3 Å². The fraction of sp³-hybridized carbons (Fsp3) is 0.429. The van der Waals surface area contributed by atoms with E-state index in [9.17, 15) is 4.79 Å². The van der Waals surface area contributed by atoms with Crippen LogP contribution >= 0.6 is 0 Å². The fourth-order valence-electron chi connectivity index (χ4n) is 0.429. The first-order valence-corrected chi connectivity index (χ1v) is 3.01. The van der Waals surface area contributed by atoms with Crippen LogP contribution in [0, 0.1) is 19.3 Å². The lowest BCUT2D eigenvalue weighted by Gasteiger charge is -2.06. The molecule has 0 spiro atoms. The van der Waals surface area contributed by atoms with Gasteiger partial charge in [-0.3, -0.25) is 4.79 Å². The number of hydrogen-bond acceptors (Lipinski definition) is 3. The molecule has 0 aliphatic rings. The monoisotopic (exact) mass is 143 g/mol. The van der Waals surface area contributed by atoms with E-state index < -0.39 is 0 Å². The zero-order valence-corrected chi connectivity index (χ0v) is 5.86. The van der Waals surface area contributed by atoms with Crippen molar-refractivity contribution in [1.82, 2.24) is 0 Å². The highest BCUT2D eigenvalue weighted by Gasteiger charge is 2.00. The van der Waals surface area contributed by atoms with Crippen molar-refractivity contribution in [3.63, 3.8) is 0 Å². The van der Waals surface area contributed by atoms with Crippen molar-refractivity contribution < 1.29 is 14.6 Å². The van der Waals surface area contributed by atoms with E-state index in [-0.39, 0.29) is 12.7 Å². The highest BCUT2D eigenvalue weighted by atomic mass is 16.5. The van der Waals surface area contributed by atoms with Crippen molar-refractivity contribution >= 4 is 6.47 Å². The van der Waals surface area contributed by atoms with Gasteiger partial charge in [-0.2, -0.15) is 0 Å². The van der Waals surface area contributed by atoms with E-state index in [0.717, 1.165) is 0 Å². The fourth-order valence-corrected chi connectivity index (χ4v) is 0.429. The van der Waals surface area contributed by atoms with E-state index in [1.54, 1.807) is 26.2 Å². The molecule has 0 saturated carbocycles. The lowest BCUT2D eigenvalue weighted by atomic mass is 10.2. The molecule has 1 unspecified atom stereocenters. The number of aliphatic hydroxyl groups excluding tert-OH is 1. The second kappa shape index (κ2) is 6.55. The standard InChI is InChI=1S/C7H11O3/c1-7(10-6-9)4-2-3-5-8/h2-4,6-8H,5H2,1H3. The Morgan fingerprint density at radius 1 is 1.70 bits per heavy atom. The Labute approximate surface area is 61.0 Å². The first kappa shape index (κ1) is 9.43. The molecule has 0 fully saturated rings. The summed E-state index contributed by atoms with van der Waals surface area (Å²) in [6.07, 6.45) is 4.66. The Bertz CT molecular complexity index is 82.9. The predicted octanol–water partition coefficient (Wildman–Crippen LogP) is 0.153. The third kappa shape index (κ3) is 5.56. The van der Waals surface area contributed by atoms with E-state index in [0.29, 0.717) is 6.47 Å². The summed E-state index contributed by atoms with van der Waals surface area (Å²) in [5, 5.41) is 8.29. The minimum Gasteiger partial charge on any atom is -0.465 e. The predicted molar refractivity (Wildman–Crippen MR) is 36.6 cm³/mol. The smallest absolute Gasteiger partial charge is 0.293 e. The van der Waals surface area contributed by atoms with Crippen molar-refractivity contribution in [2.75, 3.05) is 6.61 Å². The molecule has 0 aromatic rings. The van der Waals surface area contributed by atoms with Gasteiger partial charge in [0.1, 0.15) is 6.10 Å². The van der Waals surface area contributed by atoms with Crippen LogP contribution in [0.1, 0.15) is 6.92 Å². The zero-order valence-electron chi connectivity index (χ0n) is 5.86. The molecule has 0 bridgehead atoms. The molecule has 3 heteroatoms. The maximum absolute atomic E-state index is 9.73. The van der Waals surface area contributed by atoms with Crippen molar-refractivity contribution in [1.29, 1.82) is 0 Å². The van der Waals surface area contributed by atoms with Crippen molar-refractivity contribution in [2.45, 2.75) is 13.0 Å². The van der Waals surface area contributed by atoms with Crippen LogP contribution in [0.3, 0.4) is 0 Å². The van der Waals surface area contributed by atoms with Crippen LogP contribution in [0.5, 0.6) is 0 Å². The number of aliphatic hydroxyl groups is 1. The topological polar surface area (TPSA) is 46.5 Å². The molecule has 1 atom stereocenters. The minimum absolute atomic E-state index is 0.00428. The Morgan fingerprint density at radius 2 is 2.40 bits per heavy atom. The number of carbonyl (C=O) groups is 1. The molecule has 10 heavy (non-hydrogen) atoms. The SMILES string of the molecule is CC([CH][CH][CH]CO)OC=O. The van der Waals surface area contributed by atoms with Gasteiger partial charge in [-0.25, -0.2) is 0 Å². The van der Waals surface area contributed by atoms with Crippen LogP contribution in [-0.2, 0) is 9.53 Å². The summed E-state index contributed by atoms with van der Waals surface area (Å²) in [5.74, 6) is 0. The molecule has 0 rings (SSSR count). The second-order valence-corrected chi connectivity index (χ2v) is 1.74. The molecule has 0 amide bonds. The van der Waals surface area contributed by atoms with Crippen LogP contribution in [0.25, 0.3) is 0 Å². The van der Waals surface area contributed by atoms with E-state index in [2.05, 4.69) is 4.74 Å². The molecule has 0 heterocycles. The van der Waals surface area contributed by atoms with Gasteiger partial charge < -0.3 is 9.84 Å². The summed E-state index contributed by atoms with van der Waals surface area (Å²) in [7, 11) is 0. The van der Waals surface area contributed by atoms with Gasteiger partial charge in [0.05, 0.1) is 0 Å². The van der Waals surface area contributed by atoms with E-state index in [1.165, 1.54) is 0 Å². The highest BCUT2D eigenvalue weighted by Crippen LogP contribution is 1.98. The van der Waals surface area contributed by atoms with Crippen LogP contribution in [0.2, 0.25) is 0 Å². The van der Waals surface area contributed by atoms with Gasteiger partial charge in [-0.15, -0.1) is 0 Å². The summed E-state index contributed by atoms with van der Waals surface area (Å²) >= 11 is 0. The van der Waals surface area contributed by atoms with Gasteiger partial charge in [0.2, 0.25) is 0 Å². The van der Waals surface area contributed by atoms with Crippen LogP contribution in [0.4, 0.5) is 0 Å². The van der Waals surface area contributed by atoms with E-state index >= 15 is 0 Å². The second-order valence-electron chi connectivity index (χ2n) is 1.74. The molecule has 0 saturated heterocycles. The Balaban J connectivity index is 3.04. The number of carbonyl (C=O) groups excluding carboxylic acids is 1. The number of unbranched alkanes of at least 4 members (excludes halogenated alkanes) is 1. The molecule has 0 aliphatic carbocycles. The van der Waals surface area contributed by atoms with Crippen LogP contribution in [0.15, 0.2) is 0 Å². The molecule has 1 N–H and O–H groups in total. The Hall–Kier alpha value is -0.570. The number of rotatable bonds is 6. The Morgan fingerprint density at radius 3 is 2.90 bits per heavy atom. The van der Waals surface area contributed by atoms with E-state index in [4.69, 9.17) is 5.11 Å². The molecule has 0 aromatic carbocycles. The van der Waals surface area contributed by atoms with Gasteiger partial charge in [0.25, 0.3) is 6.47 Å². The molecule has 0 aliphatic heterocycles. The lowest BCUT2D eigenvalue weighted by molar-refractivity contribution is -0.131. The van der Waals surface area contributed by atoms with Gasteiger partial charge in [-0.05, 0) is 19.8 Å². The number of hydrogen-bond donors (Lipinski definition) is 1. The normalized spacial score (nSPS) is 12.6. The largest absolute Gasteiger partial charge is 0.465 e. The molecular weight excluding hydrogens is 132 g/mol. The lowest BCUT2D eigenvalue weighted by Crippen LogP contribution is -2.07. The minimum atomic E-state index is -0.222. The zero-order chi connectivity index (χ0) is 7.82. The van der Waals surface area contributed by atoms with Gasteiger partial charge >= 0.3 is 0 Å². The third-order valence-corrected chi connectivity index (χ3v) is 0.894. The average molecular weight is 143 g/mol. The van der Waals surface area contributed by atoms with Crippen LogP contribution < -0.4 is 0 Å². The molecule has 0 aromatic heterocycles. The number of ether oxygens (including phenoxy) is 1. The summed E-state index contributed by atoms with van der Waals surface area (Å²) < 4.78 is 4.52. The summed E-state index contributed by atoms with van der Waals surface area (Å²) in [4.78, 5) is 9.73. The van der Waals surface area contributed by atoms with Gasteiger partial charge in [0, 0.05) is 13.0 Å². The highest BCUT2D eigenvalue weighted by molar-refractivity contribution is 5.37. The van der Waals surface area contributed by atoms with Gasteiger partial charge in [-0.1, -0.05) is 0 Å².